The molecule has 2 heterocycles. The molecule has 0 unspecified atom stereocenters. The zero-order chi connectivity index (χ0) is 26.7. The molecule has 0 radical (unpaired) electrons. The number of nitrogens with zero attached hydrogens (tertiary/aromatic N) is 6. The third-order valence-electron chi connectivity index (χ3n) is 5.88. The molecule has 0 fully saturated rings. The molecule has 0 spiro atoms. The number of carbonyl (C=O) groups is 1. The van der Waals surface area contributed by atoms with Gasteiger partial charge in [0.15, 0.2) is 5.69 Å². The van der Waals surface area contributed by atoms with Gasteiger partial charge in [-0.3, -0.25) is 19.7 Å². The van der Waals surface area contributed by atoms with Crippen LogP contribution in [0.4, 0.5) is 5.69 Å². The van der Waals surface area contributed by atoms with Gasteiger partial charge in [0.1, 0.15) is 11.6 Å². The quantitative estimate of drug-likeness (QED) is 0.246. The largest absolute Gasteiger partial charge is 0.316 e. The van der Waals surface area contributed by atoms with Crippen LogP contribution in [0.1, 0.15) is 38.4 Å². The lowest BCUT2D eigenvalue weighted by molar-refractivity contribution is -0.384. The van der Waals surface area contributed by atoms with Crippen molar-refractivity contribution in [2.45, 2.75) is 20.8 Å². The predicted molar refractivity (Wildman–Crippen MR) is 136 cm³/mol. The summed E-state index contributed by atoms with van der Waals surface area (Å²) in [5.41, 5.74) is 5.24. The fourth-order valence-electron chi connectivity index (χ4n) is 3.66. The Labute approximate surface area is 211 Å². The Balaban J connectivity index is 1.62. The van der Waals surface area contributed by atoms with E-state index >= 15 is 0 Å². The maximum atomic E-state index is 13.0. The van der Waals surface area contributed by atoms with Crippen molar-refractivity contribution in [3.8, 4) is 17.4 Å². The molecule has 0 saturated heterocycles. The topological polar surface area (TPSA) is 148 Å². The number of hydrogen-bond donors (Lipinski definition) is 1. The number of benzene rings is 2. The molecule has 0 aliphatic rings. The number of rotatable bonds is 6. The Hall–Kier alpha value is -5.37. The Morgan fingerprint density at radius 2 is 1.81 bits per heavy atom. The molecular weight excluding hydrogens is 474 g/mol. The standard InChI is InChI=1S/C26H21N7O4/c1-16-6-7-21(13-17(16)2)32-26(35)23(14-27)18(3)24(30-32)25(34)29-28-15-22-5-4-12-31(22)19-8-10-20(11-9-19)33(36)37/h4-13,15H,1-3H3,(H,29,34)/b28-15-. The number of non-ortho nitro benzene ring substituents is 1. The van der Waals surface area contributed by atoms with Gasteiger partial charge < -0.3 is 4.57 Å². The van der Waals surface area contributed by atoms with E-state index in [2.05, 4.69) is 15.6 Å². The van der Waals surface area contributed by atoms with E-state index in [9.17, 15) is 25.0 Å². The molecule has 4 rings (SSSR count). The summed E-state index contributed by atoms with van der Waals surface area (Å²) in [6, 6.07) is 16.6. The van der Waals surface area contributed by atoms with Crippen LogP contribution in [0.15, 0.2) is 70.7 Å². The fraction of sp³-hybridized carbons (Fsp3) is 0.115. The van der Waals surface area contributed by atoms with Crippen LogP contribution in [0, 0.1) is 42.2 Å². The Bertz CT molecular complexity index is 1660. The number of hydrazone groups is 1. The first-order chi connectivity index (χ1) is 17.7. The van der Waals surface area contributed by atoms with Gasteiger partial charge in [-0.2, -0.15) is 20.1 Å². The average Bonchev–Trinajstić information content (AvgIpc) is 3.35. The number of aryl methyl sites for hydroxylation is 2. The molecule has 184 valence electrons. The normalized spacial score (nSPS) is 10.9. The van der Waals surface area contributed by atoms with E-state index in [-0.39, 0.29) is 22.5 Å². The molecule has 2 aromatic heterocycles. The number of aromatic nitrogens is 3. The summed E-state index contributed by atoms with van der Waals surface area (Å²) in [5.74, 6) is -0.698. The van der Waals surface area contributed by atoms with E-state index in [4.69, 9.17) is 0 Å². The SMILES string of the molecule is Cc1ccc(-n2nc(C(=O)N/N=C\c3cccn3-c3ccc([N+](=O)[O-])cc3)c(C)c(C#N)c2=O)cc1C. The highest BCUT2D eigenvalue weighted by Crippen LogP contribution is 2.17. The van der Waals surface area contributed by atoms with Crippen molar-refractivity contribution in [1.29, 1.82) is 5.26 Å². The third kappa shape index (κ3) is 4.89. The molecule has 2 aromatic carbocycles. The highest BCUT2D eigenvalue weighted by atomic mass is 16.6. The van der Waals surface area contributed by atoms with Gasteiger partial charge in [0.05, 0.1) is 22.5 Å². The van der Waals surface area contributed by atoms with Crippen molar-refractivity contribution in [2.24, 2.45) is 5.10 Å². The van der Waals surface area contributed by atoms with Crippen molar-refractivity contribution in [3.63, 3.8) is 0 Å². The maximum absolute atomic E-state index is 13.0. The van der Waals surface area contributed by atoms with Gasteiger partial charge in [-0.1, -0.05) is 6.07 Å². The first-order valence-electron chi connectivity index (χ1n) is 11.1. The Morgan fingerprint density at radius 1 is 1.11 bits per heavy atom. The second-order valence-electron chi connectivity index (χ2n) is 8.22. The number of carbonyl (C=O) groups excluding carboxylic acids is 1. The van der Waals surface area contributed by atoms with Crippen LogP contribution in [0.2, 0.25) is 0 Å². The van der Waals surface area contributed by atoms with Gasteiger partial charge in [0, 0.05) is 29.6 Å². The molecule has 0 saturated carbocycles. The third-order valence-corrected chi connectivity index (χ3v) is 5.88. The lowest BCUT2D eigenvalue weighted by atomic mass is 10.1. The number of amides is 1. The predicted octanol–water partition coefficient (Wildman–Crippen LogP) is 3.49. The van der Waals surface area contributed by atoms with E-state index < -0.39 is 16.4 Å². The summed E-state index contributed by atoms with van der Waals surface area (Å²) >= 11 is 0. The molecule has 4 aromatic rings. The molecule has 0 atom stereocenters. The first-order valence-corrected chi connectivity index (χ1v) is 11.1. The van der Waals surface area contributed by atoms with Gasteiger partial charge in [0.25, 0.3) is 17.2 Å². The van der Waals surface area contributed by atoms with Crippen LogP contribution in [0.5, 0.6) is 0 Å². The van der Waals surface area contributed by atoms with E-state index in [1.807, 2.05) is 26.0 Å². The smallest absolute Gasteiger partial charge is 0.292 e. The Kier molecular flexibility index (Phi) is 6.75. The van der Waals surface area contributed by atoms with E-state index in [0.717, 1.165) is 15.8 Å². The average molecular weight is 495 g/mol. The van der Waals surface area contributed by atoms with Crippen LogP contribution in [-0.2, 0) is 0 Å². The Morgan fingerprint density at radius 3 is 2.46 bits per heavy atom. The van der Waals surface area contributed by atoms with E-state index in [0.29, 0.717) is 17.1 Å². The summed E-state index contributed by atoms with van der Waals surface area (Å²) in [4.78, 5) is 36.2. The second-order valence-corrected chi connectivity index (χ2v) is 8.22. The number of nitriles is 1. The van der Waals surface area contributed by atoms with Gasteiger partial charge in [-0.15, -0.1) is 0 Å². The summed E-state index contributed by atoms with van der Waals surface area (Å²) < 4.78 is 2.77. The monoisotopic (exact) mass is 495 g/mol. The molecule has 11 nitrogen and oxygen atoms in total. The number of nitro groups is 1. The zero-order valence-electron chi connectivity index (χ0n) is 20.2. The van der Waals surface area contributed by atoms with Crippen molar-refractivity contribution in [2.75, 3.05) is 0 Å². The van der Waals surface area contributed by atoms with Crippen molar-refractivity contribution >= 4 is 17.8 Å². The summed E-state index contributed by atoms with van der Waals surface area (Å²) in [5, 5.41) is 28.7. The second kappa shape index (κ2) is 10.1. The molecular formula is C26H21N7O4. The van der Waals surface area contributed by atoms with Gasteiger partial charge >= 0.3 is 0 Å². The first kappa shape index (κ1) is 24.7. The molecule has 0 bridgehead atoms. The molecule has 0 aliphatic heterocycles. The van der Waals surface area contributed by atoms with Crippen LogP contribution in [-0.4, -0.2) is 31.4 Å². The molecule has 11 heteroatoms. The zero-order valence-corrected chi connectivity index (χ0v) is 20.2. The van der Waals surface area contributed by atoms with Crippen LogP contribution < -0.4 is 11.0 Å². The van der Waals surface area contributed by atoms with Crippen LogP contribution in [0.25, 0.3) is 11.4 Å². The van der Waals surface area contributed by atoms with Crippen LogP contribution in [0.3, 0.4) is 0 Å². The summed E-state index contributed by atoms with van der Waals surface area (Å²) in [6.45, 7) is 5.30. The molecule has 1 N–H and O–H groups in total. The molecule has 37 heavy (non-hydrogen) atoms. The number of hydrogen-bond acceptors (Lipinski definition) is 7. The van der Waals surface area contributed by atoms with E-state index in [1.54, 1.807) is 47.2 Å². The van der Waals surface area contributed by atoms with Crippen molar-refractivity contribution in [1.82, 2.24) is 19.8 Å². The van der Waals surface area contributed by atoms with Crippen LogP contribution >= 0.6 is 0 Å². The molecule has 1 amide bonds. The summed E-state index contributed by atoms with van der Waals surface area (Å²) in [6.07, 6.45) is 3.15. The highest BCUT2D eigenvalue weighted by molar-refractivity contribution is 5.94. The van der Waals surface area contributed by atoms with Gasteiger partial charge in [0.2, 0.25) is 0 Å². The lowest BCUT2D eigenvalue weighted by Crippen LogP contribution is -2.31. The number of nitrogens with one attached hydrogen (secondary N) is 1. The minimum Gasteiger partial charge on any atom is -0.316 e. The minimum absolute atomic E-state index is 0.0277. The van der Waals surface area contributed by atoms with Gasteiger partial charge in [-0.25, -0.2) is 5.43 Å². The number of nitro benzene ring substituents is 1. The fourth-order valence-corrected chi connectivity index (χ4v) is 3.66. The van der Waals surface area contributed by atoms with Crippen molar-refractivity contribution in [3.05, 3.63) is 115 Å². The lowest BCUT2D eigenvalue weighted by Gasteiger charge is -2.12. The van der Waals surface area contributed by atoms with Gasteiger partial charge in [-0.05, 0) is 68.3 Å². The highest BCUT2D eigenvalue weighted by Gasteiger charge is 2.20. The molecule has 0 aliphatic carbocycles. The van der Waals surface area contributed by atoms with E-state index in [1.165, 1.54) is 25.3 Å². The summed E-state index contributed by atoms with van der Waals surface area (Å²) in [7, 11) is 0. The maximum Gasteiger partial charge on any atom is 0.292 e. The minimum atomic E-state index is -0.698. The van der Waals surface area contributed by atoms with Crippen molar-refractivity contribution < 1.29 is 9.72 Å².